The average molecular weight is 562 g/mol. The molecule has 5 fully saturated rings. The highest BCUT2D eigenvalue weighted by Gasteiger charge is 2.59. The normalized spacial score (nSPS) is 32.5. The summed E-state index contributed by atoms with van der Waals surface area (Å²) in [6.45, 7) is 8.75. The van der Waals surface area contributed by atoms with Gasteiger partial charge in [-0.05, 0) is 100 Å². The van der Waals surface area contributed by atoms with Gasteiger partial charge in [0.05, 0.1) is 10.9 Å². The highest BCUT2D eigenvalue weighted by atomic mass is 16.2. The first-order valence-corrected chi connectivity index (χ1v) is 15.9. The molecule has 4 aliphatic carbocycles. The van der Waals surface area contributed by atoms with Crippen LogP contribution < -0.4 is 21.5 Å². The summed E-state index contributed by atoms with van der Waals surface area (Å²) in [5, 5.41) is 10.4. The molecule has 1 aromatic heterocycles. The van der Waals surface area contributed by atoms with E-state index in [1.54, 1.807) is 6.92 Å². The van der Waals surface area contributed by atoms with Gasteiger partial charge in [0.2, 0.25) is 11.8 Å². The molecule has 0 spiro atoms. The number of benzene rings is 1. The zero-order valence-electron chi connectivity index (χ0n) is 25.1. The average Bonchev–Trinajstić information content (AvgIpc) is 2.86. The van der Waals surface area contributed by atoms with Gasteiger partial charge in [-0.15, -0.1) is 0 Å². The number of carbonyl (C=O) groups is 2. The SMILES string of the molecule is Cc1nc2cccc(NCCCCCCCNC34CC5C[C@@](C)(C3)C[C@](C)(C5)C4)c2c(=O)n1[C@H]1CCC(=O)NC1=O. The predicted octanol–water partition coefficient (Wildman–Crippen LogP) is 5.38. The lowest BCUT2D eigenvalue weighted by Gasteiger charge is -2.65. The number of aryl methyl sites for hydroxylation is 1. The molecule has 0 radical (unpaired) electrons. The lowest BCUT2D eigenvalue weighted by molar-refractivity contribution is -0.135. The van der Waals surface area contributed by atoms with Gasteiger partial charge in [0.1, 0.15) is 11.9 Å². The molecule has 7 rings (SSSR count). The van der Waals surface area contributed by atoms with Crippen LogP contribution in [0.3, 0.4) is 0 Å². The van der Waals surface area contributed by atoms with E-state index in [9.17, 15) is 14.4 Å². The monoisotopic (exact) mass is 561 g/mol. The van der Waals surface area contributed by atoms with Crippen LogP contribution in [0.1, 0.15) is 109 Å². The summed E-state index contributed by atoms with van der Waals surface area (Å²) in [6, 6.07) is 4.94. The van der Waals surface area contributed by atoms with Gasteiger partial charge in [-0.1, -0.05) is 39.2 Å². The first-order chi connectivity index (χ1) is 19.6. The second-order valence-corrected chi connectivity index (χ2v) is 14.5. The quantitative estimate of drug-likeness (QED) is 0.251. The van der Waals surface area contributed by atoms with Crippen molar-refractivity contribution >= 4 is 28.4 Å². The molecule has 2 aromatic rings. The van der Waals surface area contributed by atoms with E-state index in [-0.39, 0.29) is 17.9 Å². The number of imide groups is 1. The number of nitrogens with zero attached hydrogens (tertiary/aromatic N) is 2. The van der Waals surface area contributed by atoms with E-state index in [0.29, 0.717) is 39.5 Å². The minimum absolute atomic E-state index is 0.219. The summed E-state index contributed by atoms with van der Waals surface area (Å²) in [6.07, 6.45) is 14.9. The van der Waals surface area contributed by atoms with E-state index in [2.05, 4.69) is 34.8 Å². The zero-order valence-corrected chi connectivity index (χ0v) is 25.1. The van der Waals surface area contributed by atoms with Crippen LogP contribution in [0.2, 0.25) is 0 Å². The van der Waals surface area contributed by atoms with E-state index in [1.807, 2.05) is 18.2 Å². The van der Waals surface area contributed by atoms with E-state index in [1.165, 1.54) is 62.4 Å². The Bertz CT molecular complexity index is 1380. The van der Waals surface area contributed by atoms with Crippen molar-refractivity contribution in [2.45, 2.75) is 116 Å². The van der Waals surface area contributed by atoms with Crippen molar-refractivity contribution in [1.82, 2.24) is 20.2 Å². The molecule has 2 amide bonds. The molecule has 1 saturated heterocycles. The lowest BCUT2D eigenvalue weighted by atomic mass is 9.43. The number of piperidine rings is 1. The number of unbranched alkanes of at least 4 members (excludes halogenated alkanes) is 4. The van der Waals surface area contributed by atoms with E-state index in [0.717, 1.165) is 37.5 Å². The van der Waals surface area contributed by atoms with Crippen LogP contribution in [0.15, 0.2) is 23.0 Å². The van der Waals surface area contributed by atoms with Crippen molar-refractivity contribution in [2.75, 3.05) is 18.4 Å². The van der Waals surface area contributed by atoms with Gasteiger partial charge in [0.15, 0.2) is 0 Å². The van der Waals surface area contributed by atoms with Crippen molar-refractivity contribution in [3.8, 4) is 0 Å². The highest BCUT2D eigenvalue weighted by Crippen LogP contribution is 2.66. The predicted molar refractivity (Wildman–Crippen MR) is 162 cm³/mol. The second-order valence-electron chi connectivity index (χ2n) is 14.5. The summed E-state index contributed by atoms with van der Waals surface area (Å²) in [7, 11) is 0. The molecule has 5 atom stereocenters. The summed E-state index contributed by atoms with van der Waals surface area (Å²) in [4.78, 5) is 42.3. The molecule has 1 aliphatic heterocycles. The molecule has 222 valence electrons. The van der Waals surface area contributed by atoms with Crippen molar-refractivity contribution in [1.29, 1.82) is 0 Å². The van der Waals surface area contributed by atoms with E-state index < -0.39 is 11.9 Å². The number of aromatic nitrogens is 2. The van der Waals surface area contributed by atoms with Gasteiger partial charge < -0.3 is 10.6 Å². The second kappa shape index (κ2) is 10.8. The van der Waals surface area contributed by atoms with Gasteiger partial charge in [0.25, 0.3) is 5.56 Å². The molecule has 3 N–H and O–H groups in total. The molecule has 4 saturated carbocycles. The van der Waals surface area contributed by atoms with Crippen molar-refractivity contribution in [2.24, 2.45) is 16.7 Å². The number of hydrogen-bond donors (Lipinski definition) is 3. The molecular weight excluding hydrogens is 514 g/mol. The Hall–Kier alpha value is -2.74. The van der Waals surface area contributed by atoms with Crippen LogP contribution in [-0.4, -0.2) is 40.0 Å². The van der Waals surface area contributed by atoms with Crippen molar-refractivity contribution in [3.05, 3.63) is 34.4 Å². The maximum Gasteiger partial charge on any atom is 0.264 e. The third kappa shape index (κ3) is 5.69. The fourth-order valence-electron chi connectivity index (χ4n) is 9.80. The zero-order chi connectivity index (χ0) is 28.8. The van der Waals surface area contributed by atoms with Gasteiger partial charge in [-0.25, -0.2) is 4.98 Å². The van der Waals surface area contributed by atoms with Gasteiger partial charge in [-0.3, -0.25) is 24.3 Å². The van der Waals surface area contributed by atoms with Gasteiger partial charge in [-0.2, -0.15) is 0 Å². The van der Waals surface area contributed by atoms with E-state index >= 15 is 0 Å². The lowest BCUT2D eigenvalue weighted by Crippen LogP contribution is -2.64. The van der Waals surface area contributed by atoms with Crippen LogP contribution in [0.5, 0.6) is 0 Å². The van der Waals surface area contributed by atoms with Crippen LogP contribution in [0, 0.1) is 23.7 Å². The molecule has 1 aromatic carbocycles. The number of hydrogen-bond acceptors (Lipinski definition) is 6. The number of amides is 2. The fourth-order valence-corrected chi connectivity index (χ4v) is 9.80. The van der Waals surface area contributed by atoms with Gasteiger partial charge in [0, 0.05) is 24.2 Å². The number of carbonyl (C=O) groups excluding carboxylic acids is 2. The Labute approximate surface area is 243 Å². The Kier molecular flexibility index (Phi) is 7.50. The maximum atomic E-state index is 13.6. The van der Waals surface area contributed by atoms with Gasteiger partial charge >= 0.3 is 0 Å². The number of nitrogens with one attached hydrogen (secondary N) is 3. The summed E-state index contributed by atoms with van der Waals surface area (Å²) < 4.78 is 1.45. The Morgan fingerprint density at radius 2 is 1.66 bits per heavy atom. The number of fused-ring (bicyclic) bond motifs is 1. The first kappa shape index (κ1) is 28.4. The summed E-state index contributed by atoms with van der Waals surface area (Å²) in [5.74, 6) is 0.684. The minimum Gasteiger partial charge on any atom is -0.384 e. The number of rotatable bonds is 11. The Morgan fingerprint density at radius 3 is 2.37 bits per heavy atom. The summed E-state index contributed by atoms with van der Waals surface area (Å²) >= 11 is 0. The molecule has 4 bridgehead atoms. The summed E-state index contributed by atoms with van der Waals surface area (Å²) in [5.41, 5.74) is 2.66. The third-order valence-corrected chi connectivity index (χ3v) is 10.4. The largest absolute Gasteiger partial charge is 0.384 e. The van der Waals surface area contributed by atoms with Crippen molar-refractivity contribution in [3.63, 3.8) is 0 Å². The smallest absolute Gasteiger partial charge is 0.264 e. The van der Waals surface area contributed by atoms with E-state index in [4.69, 9.17) is 0 Å². The molecular formula is C33H47N5O3. The minimum atomic E-state index is -0.714. The van der Waals surface area contributed by atoms with Crippen LogP contribution >= 0.6 is 0 Å². The van der Waals surface area contributed by atoms with Crippen LogP contribution in [-0.2, 0) is 9.59 Å². The Balaban J connectivity index is 0.974. The molecule has 41 heavy (non-hydrogen) atoms. The third-order valence-electron chi connectivity index (χ3n) is 10.4. The number of anilines is 1. The topological polar surface area (TPSA) is 105 Å². The molecule has 5 aliphatic rings. The molecule has 8 heteroatoms. The molecule has 8 nitrogen and oxygen atoms in total. The molecule has 2 heterocycles. The van der Waals surface area contributed by atoms with Crippen molar-refractivity contribution < 1.29 is 9.59 Å². The van der Waals surface area contributed by atoms with Crippen LogP contribution in [0.25, 0.3) is 10.9 Å². The molecule has 2 unspecified atom stereocenters. The highest BCUT2D eigenvalue weighted by molar-refractivity contribution is 5.99. The Morgan fingerprint density at radius 1 is 0.951 bits per heavy atom. The standard InChI is InChI=1S/C33H47N5O3/c1-22-36-25-11-9-10-24(28(25)30(41)38(22)26-12-13-27(39)37-29(26)40)34-14-7-5-4-6-8-15-35-33-18-23-16-31(2,20-33)19-32(3,17-23)21-33/h9-11,23,26,34-35H,4-8,12-21H2,1-3H3,(H,37,39,40)/t23?,26-,31-,32+,33?/m0/s1. The fraction of sp³-hybridized carbons (Fsp3) is 0.697. The first-order valence-electron chi connectivity index (χ1n) is 15.9. The van der Waals surface area contributed by atoms with Crippen LogP contribution in [0.4, 0.5) is 5.69 Å². The maximum absolute atomic E-state index is 13.6.